The van der Waals surface area contributed by atoms with Gasteiger partial charge in [-0.05, 0) is 42.5 Å². The molecule has 1 heterocycles. The molecule has 1 aliphatic heterocycles. The maximum Gasteiger partial charge on any atom is 0.417 e. The lowest BCUT2D eigenvalue weighted by molar-refractivity contribution is -0.137. The second-order valence-electron chi connectivity index (χ2n) is 7.46. The number of alkyl halides is 3. The molecule has 0 aromatic heterocycles. The Hall–Kier alpha value is -2.83. The van der Waals surface area contributed by atoms with E-state index in [4.69, 9.17) is 16.3 Å². The summed E-state index contributed by atoms with van der Waals surface area (Å²) in [7, 11) is -3.94. The SMILES string of the molecule is CS(=O)(=O)N(CC(=O)Nc1ccc(Cl)c(C(F)(F)F)c1)c1ccc(C(=O)N2CCOCC2)cc1. The Bertz CT molecular complexity index is 1170. The summed E-state index contributed by atoms with van der Waals surface area (Å²) < 4.78 is 69.7. The van der Waals surface area contributed by atoms with Crippen LogP contribution in [0.5, 0.6) is 0 Å². The van der Waals surface area contributed by atoms with Crippen LogP contribution >= 0.6 is 11.6 Å². The van der Waals surface area contributed by atoms with Crippen molar-refractivity contribution in [3.05, 3.63) is 58.6 Å². The summed E-state index contributed by atoms with van der Waals surface area (Å²) in [5, 5.41) is 1.72. The van der Waals surface area contributed by atoms with Crippen molar-refractivity contribution in [3.8, 4) is 0 Å². The predicted molar refractivity (Wildman–Crippen MR) is 120 cm³/mol. The van der Waals surface area contributed by atoms with E-state index in [2.05, 4.69) is 5.32 Å². The molecule has 13 heteroatoms. The molecule has 2 amide bonds. The van der Waals surface area contributed by atoms with Gasteiger partial charge in [0.05, 0.1) is 35.7 Å². The molecule has 3 rings (SSSR count). The molecule has 2 aromatic carbocycles. The highest BCUT2D eigenvalue weighted by atomic mass is 35.5. The molecular weight excluding hydrogens is 499 g/mol. The smallest absolute Gasteiger partial charge is 0.378 e. The Labute approximate surface area is 199 Å². The van der Waals surface area contributed by atoms with Crippen LogP contribution in [-0.2, 0) is 25.7 Å². The van der Waals surface area contributed by atoms with Crippen molar-refractivity contribution in [1.82, 2.24) is 4.90 Å². The van der Waals surface area contributed by atoms with Crippen LogP contribution in [-0.4, -0.2) is 64.2 Å². The first-order chi connectivity index (χ1) is 15.9. The molecule has 1 aliphatic rings. The number of ether oxygens (including phenoxy) is 1. The van der Waals surface area contributed by atoms with E-state index in [1.807, 2.05) is 0 Å². The van der Waals surface area contributed by atoms with Crippen LogP contribution in [0.15, 0.2) is 42.5 Å². The summed E-state index contributed by atoms with van der Waals surface area (Å²) in [4.78, 5) is 26.6. The summed E-state index contributed by atoms with van der Waals surface area (Å²) in [5.41, 5.74) is -0.873. The van der Waals surface area contributed by atoms with Gasteiger partial charge in [0.1, 0.15) is 6.54 Å². The zero-order valence-electron chi connectivity index (χ0n) is 17.9. The molecule has 0 atom stereocenters. The average Bonchev–Trinajstić information content (AvgIpc) is 2.77. The summed E-state index contributed by atoms with van der Waals surface area (Å²) in [6, 6.07) is 8.47. The fourth-order valence-corrected chi connectivity index (χ4v) is 4.35. The van der Waals surface area contributed by atoms with Gasteiger partial charge in [0, 0.05) is 24.3 Å². The van der Waals surface area contributed by atoms with Crippen molar-refractivity contribution in [2.75, 3.05) is 48.7 Å². The van der Waals surface area contributed by atoms with E-state index in [1.54, 1.807) is 4.90 Å². The quantitative estimate of drug-likeness (QED) is 0.632. The highest BCUT2D eigenvalue weighted by molar-refractivity contribution is 7.92. The maximum atomic E-state index is 13.0. The van der Waals surface area contributed by atoms with Gasteiger partial charge in [-0.3, -0.25) is 13.9 Å². The van der Waals surface area contributed by atoms with Gasteiger partial charge >= 0.3 is 6.18 Å². The molecule has 1 fully saturated rings. The van der Waals surface area contributed by atoms with Crippen LogP contribution < -0.4 is 9.62 Å². The van der Waals surface area contributed by atoms with E-state index >= 15 is 0 Å². The fraction of sp³-hybridized carbons (Fsp3) is 0.333. The van der Waals surface area contributed by atoms with Gasteiger partial charge in [0.15, 0.2) is 0 Å². The molecule has 0 radical (unpaired) electrons. The largest absolute Gasteiger partial charge is 0.417 e. The first kappa shape index (κ1) is 25.8. The van der Waals surface area contributed by atoms with Gasteiger partial charge < -0.3 is 15.0 Å². The van der Waals surface area contributed by atoms with Crippen LogP contribution in [0.1, 0.15) is 15.9 Å². The molecular formula is C21H21ClF3N3O5S. The third kappa shape index (κ3) is 6.39. The Morgan fingerprint density at radius 2 is 1.74 bits per heavy atom. The first-order valence-electron chi connectivity index (χ1n) is 9.97. The van der Waals surface area contributed by atoms with Crippen molar-refractivity contribution in [2.24, 2.45) is 0 Å². The first-order valence-corrected chi connectivity index (χ1v) is 12.2. The van der Waals surface area contributed by atoms with Gasteiger partial charge in [0.2, 0.25) is 15.9 Å². The van der Waals surface area contributed by atoms with E-state index in [1.165, 1.54) is 30.3 Å². The van der Waals surface area contributed by atoms with Crippen LogP contribution in [0.4, 0.5) is 24.5 Å². The van der Waals surface area contributed by atoms with Crippen molar-refractivity contribution in [3.63, 3.8) is 0 Å². The monoisotopic (exact) mass is 519 g/mol. The number of carbonyl (C=O) groups excluding carboxylic acids is 2. The lowest BCUT2D eigenvalue weighted by atomic mass is 10.1. The molecule has 0 saturated carbocycles. The van der Waals surface area contributed by atoms with Crippen LogP contribution in [0, 0.1) is 0 Å². The lowest BCUT2D eigenvalue weighted by Crippen LogP contribution is -2.40. The van der Waals surface area contributed by atoms with E-state index < -0.39 is 39.2 Å². The maximum absolute atomic E-state index is 13.0. The van der Waals surface area contributed by atoms with Gasteiger partial charge in [-0.25, -0.2) is 8.42 Å². The molecule has 2 aromatic rings. The Balaban J connectivity index is 1.75. The number of nitrogens with one attached hydrogen (secondary N) is 1. The van der Waals surface area contributed by atoms with Crippen LogP contribution in [0.25, 0.3) is 0 Å². The molecule has 1 N–H and O–H groups in total. The number of hydrogen-bond donors (Lipinski definition) is 1. The van der Waals surface area contributed by atoms with Gasteiger partial charge in [-0.2, -0.15) is 13.2 Å². The second-order valence-corrected chi connectivity index (χ2v) is 9.78. The number of hydrogen-bond acceptors (Lipinski definition) is 5. The van der Waals surface area contributed by atoms with Gasteiger partial charge in [-0.15, -0.1) is 0 Å². The topological polar surface area (TPSA) is 96.0 Å². The molecule has 0 bridgehead atoms. The Morgan fingerprint density at radius 1 is 1.12 bits per heavy atom. The van der Waals surface area contributed by atoms with Crippen molar-refractivity contribution >= 4 is 44.8 Å². The van der Waals surface area contributed by atoms with Crippen LogP contribution in [0.3, 0.4) is 0 Å². The fourth-order valence-electron chi connectivity index (χ4n) is 3.27. The van der Waals surface area contributed by atoms with Crippen molar-refractivity contribution in [2.45, 2.75) is 6.18 Å². The number of anilines is 2. The lowest BCUT2D eigenvalue weighted by Gasteiger charge is -2.27. The molecule has 0 unspecified atom stereocenters. The number of benzene rings is 2. The summed E-state index contributed by atoms with van der Waals surface area (Å²) in [6.45, 7) is 1.05. The molecule has 0 aliphatic carbocycles. The number of rotatable bonds is 6. The van der Waals surface area contributed by atoms with Gasteiger partial charge in [-0.1, -0.05) is 11.6 Å². The number of nitrogens with zero attached hydrogens (tertiary/aromatic N) is 2. The van der Waals surface area contributed by atoms with E-state index in [9.17, 15) is 31.2 Å². The van der Waals surface area contributed by atoms with Crippen molar-refractivity contribution < 1.29 is 35.9 Å². The normalized spacial score (nSPS) is 14.6. The molecule has 8 nitrogen and oxygen atoms in total. The molecule has 34 heavy (non-hydrogen) atoms. The number of carbonyl (C=O) groups is 2. The zero-order chi connectivity index (χ0) is 25.1. The second kappa shape index (κ2) is 10.2. The van der Waals surface area contributed by atoms with E-state index in [-0.39, 0.29) is 17.3 Å². The Kier molecular flexibility index (Phi) is 7.74. The Morgan fingerprint density at radius 3 is 2.29 bits per heavy atom. The minimum Gasteiger partial charge on any atom is -0.378 e. The number of halogens is 4. The third-order valence-electron chi connectivity index (χ3n) is 4.94. The van der Waals surface area contributed by atoms with Crippen molar-refractivity contribution in [1.29, 1.82) is 0 Å². The van der Waals surface area contributed by atoms with Gasteiger partial charge in [0.25, 0.3) is 5.91 Å². The van der Waals surface area contributed by atoms with E-state index in [0.29, 0.717) is 37.9 Å². The highest BCUT2D eigenvalue weighted by Crippen LogP contribution is 2.36. The number of sulfonamides is 1. The highest BCUT2D eigenvalue weighted by Gasteiger charge is 2.33. The zero-order valence-corrected chi connectivity index (χ0v) is 19.5. The van der Waals surface area contributed by atoms with Crippen LogP contribution in [0.2, 0.25) is 5.02 Å². The summed E-state index contributed by atoms with van der Waals surface area (Å²) >= 11 is 5.57. The number of morpholine rings is 1. The summed E-state index contributed by atoms with van der Waals surface area (Å²) in [6.07, 6.45) is -3.84. The average molecular weight is 520 g/mol. The molecule has 184 valence electrons. The summed E-state index contributed by atoms with van der Waals surface area (Å²) in [5.74, 6) is -1.10. The standard InChI is InChI=1S/C21H21ClF3N3O5S/c1-34(31,32)28(13-19(29)26-15-4-7-18(22)17(12-15)21(23,24)25)16-5-2-14(3-6-16)20(30)27-8-10-33-11-9-27/h2-7,12H,8-11,13H2,1H3,(H,26,29). The predicted octanol–water partition coefficient (Wildman–Crippen LogP) is 3.24. The minimum absolute atomic E-state index is 0.114. The minimum atomic E-state index is -4.73. The van der Waals surface area contributed by atoms with E-state index in [0.717, 1.165) is 16.6 Å². The number of amides is 2. The molecule has 0 spiro atoms. The third-order valence-corrected chi connectivity index (χ3v) is 6.41. The molecule has 1 saturated heterocycles.